The summed E-state index contributed by atoms with van der Waals surface area (Å²) in [6.45, 7) is 15.2. The minimum Gasteiger partial charge on any atom is -0.490 e. The maximum atomic E-state index is 14.9. The van der Waals surface area contributed by atoms with E-state index in [1.165, 1.54) is 0 Å². The van der Waals surface area contributed by atoms with E-state index in [-0.39, 0.29) is 49.8 Å². The van der Waals surface area contributed by atoms with Gasteiger partial charge >= 0.3 is 12.2 Å². The second-order valence-electron chi connectivity index (χ2n) is 18.0. The number of carbonyl (C=O) groups is 3. The van der Waals surface area contributed by atoms with Crippen molar-refractivity contribution in [2.24, 2.45) is 5.92 Å². The maximum Gasteiger partial charge on any atom is 0.410 e. The molecule has 2 aliphatic carbocycles. The van der Waals surface area contributed by atoms with E-state index in [4.69, 9.17) is 53.8 Å². The molecule has 13 heteroatoms. The van der Waals surface area contributed by atoms with Crippen molar-refractivity contribution in [2.75, 3.05) is 32.8 Å². The van der Waals surface area contributed by atoms with E-state index in [2.05, 4.69) is 6.07 Å². The minimum absolute atomic E-state index is 0.0111. The van der Waals surface area contributed by atoms with Gasteiger partial charge in [-0.15, -0.1) is 0 Å². The van der Waals surface area contributed by atoms with Crippen molar-refractivity contribution in [2.45, 2.75) is 123 Å². The lowest BCUT2D eigenvalue weighted by molar-refractivity contribution is -0.139. The number of hydrogen-bond donors (Lipinski definition) is 0. The molecule has 2 atom stereocenters. The topological polar surface area (TPSA) is 97.8 Å². The van der Waals surface area contributed by atoms with Crippen LogP contribution in [0, 0.1) is 12.8 Å². The molecule has 3 aromatic carbocycles. The fraction of sp³-hybridized carbons (Fsp3) is 0.543. The monoisotopic (exact) mass is 869 g/mol. The molecule has 10 nitrogen and oxygen atoms in total. The first-order valence-corrected chi connectivity index (χ1v) is 21.8. The third-order valence-corrected chi connectivity index (χ3v) is 11.5. The summed E-state index contributed by atoms with van der Waals surface area (Å²) in [7, 11) is 0. The molecule has 0 bridgehead atoms. The lowest BCUT2D eigenvalue weighted by atomic mass is 9.79. The molecule has 3 fully saturated rings. The molecule has 320 valence electrons. The van der Waals surface area contributed by atoms with E-state index in [1.807, 2.05) is 94.7 Å². The number of nitrogens with zero attached hydrogens (tertiary/aromatic N) is 3. The number of amides is 3. The summed E-state index contributed by atoms with van der Waals surface area (Å²) in [5.41, 5.74) is 2.59. The first kappa shape index (κ1) is 44.7. The summed E-state index contributed by atoms with van der Waals surface area (Å²) < 4.78 is 23.3. The van der Waals surface area contributed by atoms with Gasteiger partial charge in [-0.1, -0.05) is 59.1 Å². The molecule has 0 radical (unpaired) electrons. The van der Waals surface area contributed by atoms with Gasteiger partial charge in [-0.25, -0.2) is 9.59 Å². The highest BCUT2D eigenvalue weighted by atomic mass is 35.5. The second-order valence-corrected chi connectivity index (χ2v) is 19.3. The van der Waals surface area contributed by atoms with E-state index in [1.54, 1.807) is 17.0 Å². The third-order valence-electron chi connectivity index (χ3n) is 10.6. The normalized spacial score (nSPS) is 18.2. The van der Waals surface area contributed by atoms with Gasteiger partial charge in [0.05, 0.1) is 16.0 Å². The fourth-order valence-corrected chi connectivity index (χ4v) is 8.37. The van der Waals surface area contributed by atoms with Crippen molar-refractivity contribution in [3.8, 4) is 11.5 Å². The summed E-state index contributed by atoms with van der Waals surface area (Å²) in [4.78, 5) is 46.8. The Morgan fingerprint density at radius 3 is 1.97 bits per heavy atom. The lowest BCUT2D eigenvalue weighted by Gasteiger charge is -2.40. The number of ether oxygens (including phenoxy) is 4. The van der Waals surface area contributed by atoms with Crippen molar-refractivity contribution in [3.05, 3.63) is 91.9 Å². The molecule has 0 aromatic heterocycles. The lowest BCUT2D eigenvalue weighted by Crippen LogP contribution is -2.51. The van der Waals surface area contributed by atoms with E-state index in [0.29, 0.717) is 59.0 Å². The summed E-state index contributed by atoms with van der Waals surface area (Å²) in [6.07, 6.45) is 4.27. The van der Waals surface area contributed by atoms with Gasteiger partial charge in [0, 0.05) is 43.3 Å². The molecule has 1 aliphatic heterocycles. The van der Waals surface area contributed by atoms with Gasteiger partial charge in [-0.3, -0.25) is 4.79 Å². The molecule has 3 aliphatic rings. The van der Waals surface area contributed by atoms with Crippen LogP contribution in [0.15, 0.2) is 54.6 Å². The van der Waals surface area contributed by atoms with Crippen LogP contribution in [0.1, 0.15) is 102 Å². The number of piperidine rings is 1. The summed E-state index contributed by atoms with van der Waals surface area (Å²) in [5, 5.41) is 1.48. The van der Waals surface area contributed by atoms with E-state index < -0.39 is 23.2 Å². The zero-order valence-corrected chi connectivity index (χ0v) is 37.6. The minimum atomic E-state index is -0.669. The molecule has 3 amide bonds. The number of hydrogen-bond acceptors (Lipinski definition) is 7. The number of aryl methyl sites for hydroxylation is 1. The summed E-state index contributed by atoms with van der Waals surface area (Å²) in [6, 6.07) is 17.6. The number of halogens is 3. The Kier molecular flexibility index (Phi) is 14.3. The molecule has 1 heterocycles. The van der Waals surface area contributed by atoms with Crippen LogP contribution in [-0.4, -0.2) is 88.9 Å². The highest BCUT2D eigenvalue weighted by Gasteiger charge is 2.43. The first-order valence-electron chi connectivity index (χ1n) is 20.7. The molecular weight excluding hydrogens is 813 g/mol. The molecule has 0 N–H and O–H groups in total. The maximum absolute atomic E-state index is 14.9. The van der Waals surface area contributed by atoms with Crippen LogP contribution in [0.4, 0.5) is 9.59 Å². The fourth-order valence-electron chi connectivity index (χ4n) is 7.49. The molecule has 6 rings (SSSR count). The first-order chi connectivity index (χ1) is 27.8. The second kappa shape index (κ2) is 18.8. The highest BCUT2D eigenvalue weighted by Crippen LogP contribution is 2.40. The molecule has 3 aromatic rings. The SMILES string of the molecule is Cc1cc(Cl)c(OCCOc2ccc([C@H]3CCN(C(=O)OC(C)(C)C)C[C@@H]3C(=O)N(Cc3cc(CCN(C(=O)OC(C)(C)C)C4CC4)ccc3Cl)C3CC3)cc2)c(Cl)c1. The summed E-state index contributed by atoms with van der Waals surface area (Å²) >= 11 is 19.5. The summed E-state index contributed by atoms with van der Waals surface area (Å²) in [5.74, 6) is 0.422. The number of benzene rings is 3. The Bertz CT molecular complexity index is 1950. The van der Waals surface area contributed by atoms with Gasteiger partial charge in [0.15, 0.2) is 5.75 Å². The average molecular weight is 871 g/mol. The zero-order chi connectivity index (χ0) is 42.6. The smallest absolute Gasteiger partial charge is 0.410 e. The Labute approximate surface area is 364 Å². The van der Waals surface area contributed by atoms with E-state index in [9.17, 15) is 14.4 Å². The predicted octanol–water partition coefficient (Wildman–Crippen LogP) is 10.9. The van der Waals surface area contributed by atoms with Crippen LogP contribution in [0.5, 0.6) is 11.5 Å². The van der Waals surface area contributed by atoms with Crippen molar-refractivity contribution >= 4 is 52.9 Å². The quantitative estimate of drug-likeness (QED) is 0.149. The van der Waals surface area contributed by atoms with Crippen LogP contribution in [0.2, 0.25) is 15.1 Å². The van der Waals surface area contributed by atoms with Gasteiger partial charge in [-0.2, -0.15) is 0 Å². The largest absolute Gasteiger partial charge is 0.490 e. The van der Waals surface area contributed by atoms with Crippen molar-refractivity contribution in [3.63, 3.8) is 0 Å². The van der Waals surface area contributed by atoms with Crippen LogP contribution in [0.3, 0.4) is 0 Å². The Morgan fingerprint density at radius 1 is 0.746 bits per heavy atom. The van der Waals surface area contributed by atoms with Gasteiger partial charge in [-0.05, 0) is 145 Å². The van der Waals surface area contributed by atoms with Gasteiger partial charge in [0.1, 0.15) is 30.2 Å². The Morgan fingerprint density at radius 2 is 1.36 bits per heavy atom. The molecule has 59 heavy (non-hydrogen) atoms. The zero-order valence-electron chi connectivity index (χ0n) is 35.3. The van der Waals surface area contributed by atoms with Crippen molar-refractivity contribution in [1.29, 1.82) is 0 Å². The van der Waals surface area contributed by atoms with Gasteiger partial charge in [0.2, 0.25) is 5.91 Å². The molecular formula is C46H58Cl3N3O7. The molecule has 0 unspecified atom stereocenters. The number of carbonyl (C=O) groups excluding carboxylic acids is 3. The number of likely N-dealkylation sites (tertiary alicyclic amines) is 1. The standard InChI is InChI=1S/C46H58Cl3N3O7/c1-29-24-39(48)41(40(49)25-29)57-23-22-56-35-15-9-31(10-16-35)36-19-20-50(43(54)58-45(2,3)4)28-37(36)42(53)52(34-13-14-34)27-32-26-30(8-17-38(32)47)18-21-51(33-11-12-33)44(55)59-46(5,6)7/h8-10,15-17,24-26,33-34,36-37H,11-14,18-23,27-28H2,1-7H3/t36-,37+/m1/s1. The molecule has 1 saturated heterocycles. The Hall–Kier alpha value is -3.86. The van der Waals surface area contributed by atoms with Crippen LogP contribution < -0.4 is 9.47 Å². The van der Waals surface area contributed by atoms with E-state index in [0.717, 1.165) is 47.9 Å². The van der Waals surface area contributed by atoms with Gasteiger partial charge < -0.3 is 33.6 Å². The molecule has 2 saturated carbocycles. The average Bonchev–Trinajstić information content (AvgIpc) is 4.09. The van der Waals surface area contributed by atoms with Crippen molar-refractivity contribution in [1.82, 2.24) is 14.7 Å². The van der Waals surface area contributed by atoms with E-state index >= 15 is 0 Å². The predicted molar refractivity (Wildman–Crippen MR) is 232 cm³/mol. The third kappa shape index (κ3) is 12.6. The van der Waals surface area contributed by atoms with Crippen LogP contribution >= 0.6 is 34.8 Å². The van der Waals surface area contributed by atoms with Gasteiger partial charge in [0.25, 0.3) is 0 Å². The van der Waals surface area contributed by atoms with Crippen LogP contribution in [-0.2, 0) is 27.2 Å². The number of rotatable bonds is 14. The van der Waals surface area contributed by atoms with Crippen LogP contribution in [0.25, 0.3) is 0 Å². The Balaban J connectivity index is 1.16. The molecule has 0 spiro atoms. The van der Waals surface area contributed by atoms with Crippen molar-refractivity contribution < 1.29 is 33.3 Å². The highest BCUT2D eigenvalue weighted by molar-refractivity contribution is 6.37.